The molecular weight excluding hydrogens is 359 g/mol. The number of fused-ring (bicyclic) bond motifs is 1. The summed E-state index contributed by atoms with van der Waals surface area (Å²) in [6.07, 6.45) is 0.816. The summed E-state index contributed by atoms with van der Waals surface area (Å²) in [5.41, 5.74) is 0.00774. The first-order valence-corrected chi connectivity index (χ1v) is 8.98. The van der Waals surface area contributed by atoms with Crippen molar-refractivity contribution in [2.75, 3.05) is 24.3 Å². The third-order valence-corrected chi connectivity index (χ3v) is 4.46. The molecule has 1 aliphatic rings. The average Bonchev–Trinajstić information content (AvgIpc) is 2.87. The lowest BCUT2D eigenvalue weighted by Crippen LogP contribution is -2.35. The molecule has 0 aliphatic carbocycles. The first-order chi connectivity index (χ1) is 12.6. The third-order valence-electron chi connectivity index (χ3n) is 3.46. The van der Waals surface area contributed by atoms with E-state index in [-0.39, 0.29) is 11.4 Å². The highest BCUT2D eigenvalue weighted by atomic mass is 32.2. The van der Waals surface area contributed by atoms with Crippen molar-refractivity contribution in [3.63, 3.8) is 0 Å². The molecule has 1 heterocycles. The van der Waals surface area contributed by atoms with Gasteiger partial charge in [0.05, 0.1) is 24.7 Å². The number of carbonyl (C=O) groups is 2. The van der Waals surface area contributed by atoms with Crippen LogP contribution in [-0.2, 0) is 4.79 Å². The fraction of sp³-hybridized carbons (Fsp3) is 0.222. The van der Waals surface area contributed by atoms with E-state index in [2.05, 4.69) is 10.6 Å². The van der Waals surface area contributed by atoms with Gasteiger partial charge in [0.25, 0.3) is 0 Å². The van der Waals surface area contributed by atoms with Gasteiger partial charge in [-0.15, -0.1) is 11.8 Å². The lowest BCUT2D eigenvalue weighted by Gasteiger charge is -2.09. The zero-order chi connectivity index (χ0) is 18.4. The van der Waals surface area contributed by atoms with Gasteiger partial charge in [0.2, 0.25) is 5.91 Å². The molecule has 8 heteroatoms. The van der Waals surface area contributed by atoms with Gasteiger partial charge in [-0.25, -0.2) is 9.18 Å². The molecule has 3 rings (SSSR count). The highest BCUT2D eigenvalue weighted by Crippen LogP contribution is 2.33. The SMILES string of the molecule is O=C(CSc1ccc2c(c1)OCCCO2)NC(=O)Nc1ccccc1F. The van der Waals surface area contributed by atoms with E-state index < -0.39 is 17.8 Å². The largest absolute Gasteiger partial charge is 0.490 e. The van der Waals surface area contributed by atoms with Crippen LogP contribution in [0.5, 0.6) is 11.5 Å². The number of urea groups is 1. The van der Waals surface area contributed by atoms with Gasteiger partial charge in [-0.1, -0.05) is 12.1 Å². The Morgan fingerprint density at radius 1 is 1.08 bits per heavy atom. The van der Waals surface area contributed by atoms with E-state index in [0.717, 1.165) is 11.3 Å². The molecule has 0 bridgehead atoms. The van der Waals surface area contributed by atoms with Gasteiger partial charge in [0, 0.05) is 11.3 Å². The van der Waals surface area contributed by atoms with Crippen LogP contribution in [0, 0.1) is 5.82 Å². The summed E-state index contributed by atoms with van der Waals surface area (Å²) >= 11 is 1.26. The van der Waals surface area contributed by atoms with E-state index in [1.54, 1.807) is 18.2 Å². The number of hydrogen-bond donors (Lipinski definition) is 2. The molecule has 6 nitrogen and oxygen atoms in total. The molecule has 2 aromatic carbocycles. The summed E-state index contributed by atoms with van der Waals surface area (Å²) in [5, 5.41) is 4.46. The lowest BCUT2D eigenvalue weighted by atomic mass is 10.3. The molecule has 0 saturated heterocycles. The maximum absolute atomic E-state index is 13.5. The van der Waals surface area contributed by atoms with Crippen molar-refractivity contribution in [3.05, 3.63) is 48.3 Å². The van der Waals surface area contributed by atoms with Crippen LogP contribution in [0.2, 0.25) is 0 Å². The number of carbonyl (C=O) groups excluding carboxylic acids is 2. The maximum Gasteiger partial charge on any atom is 0.325 e. The van der Waals surface area contributed by atoms with E-state index in [9.17, 15) is 14.0 Å². The highest BCUT2D eigenvalue weighted by molar-refractivity contribution is 8.00. The van der Waals surface area contributed by atoms with E-state index in [0.29, 0.717) is 24.7 Å². The number of ether oxygens (including phenoxy) is 2. The standard InChI is InChI=1S/C18H17FN2O4S/c19-13-4-1-2-5-14(13)20-18(23)21-17(22)11-26-12-6-7-15-16(10-12)25-9-3-8-24-15/h1-2,4-7,10H,3,8-9,11H2,(H2,20,21,22,23). The number of imide groups is 1. The predicted molar refractivity (Wildman–Crippen MR) is 96.3 cm³/mol. The minimum atomic E-state index is -0.778. The van der Waals surface area contributed by atoms with Crippen molar-refractivity contribution >= 4 is 29.4 Å². The van der Waals surface area contributed by atoms with Crippen molar-refractivity contribution in [1.82, 2.24) is 5.32 Å². The number of nitrogens with one attached hydrogen (secondary N) is 2. The second-order valence-electron chi connectivity index (χ2n) is 5.43. The normalized spacial score (nSPS) is 12.8. The summed E-state index contributed by atoms with van der Waals surface area (Å²) in [6.45, 7) is 1.19. The van der Waals surface area contributed by atoms with Gasteiger partial charge in [-0.05, 0) is 30.3 Å². The van der Waals surface area contributed by atoms with Crippen molar-refractivity contribution in [3.8, 4) is 11.5 Å². The van der Waals surface area contributed by atoms with Crippen LogP contribution in [-0.4, -0.2) is 30.9 Å². The Bertz CT molecular complexity index is 816. The Morgan fingerprint density at radius 2 is 1.85 bits per heavy atom. The molecule has 0 unspecified atom stereocenters. The molecular formula is C18H17FN2O4S. The van der Waals surface area contributed by atoms with Gasteiger partial charge >= 0.3 is 6.03 Å². The molecule has 0 saturated carbocycles. The zero-order valence-corrected chi connectivity index (χ0v) is 14.6. The van der Waals surface area contributed by atoms with Gasteiger partial charge in [-0.2, -0.15) is 0 Å². The number of benzene rings is 2. The first-order valence-electron chi connectivity index (χ1n) is 7.99. The summed E-state index contributed by atoms with van der Waals surface area (Å²) in [4.78, 5) is 24.5. The van der Waals surface area contributed by atoms with Crippen LogP contribution in [0.25, 0.3) is 0 Å². The van der Waals surface area contributed by atoms with Crippen LogP contribution >= 0.6 is 11.8 Å². The van der Waals surface area contributed by atoms with E-state index in [4.69, 9.17) is 9.47 Å². The molecule has 1 aliphatic heterocycles. The van der Waals surface area contributed by atoms with Gasteiger partial charge in [0.1, 0.15) is 5.82 Å². The van der Waals surface area contributed by atoms with Gasteiger partial charge < -0.3 is 14.8 Å². The van der Waals surface area contributed by atoms with Gasteiger partial charge in [0.15, 0.2) is 11.5 Å². The van der Waals surface area contributed by atoms with Gasteiger partial charge in [-0.3, -0.25) is 10.1 Å². The number of hydrogen-bond acceptors (Lipinski definition) is 5. The third kappa shape index (κ3) is 4.89. The predicted octanol–water partition coefficient (Wildman–Crippen LogP) is 3.43. The Labute approximate surface area is 154 Å². The fourth-order valence-corrected chi connectivity index (χ4v) is 2.99. The van der Waals surface area contributed by atoms with Crippen LogP contribution in [0.4, 0.5) is 14.9 Å². The average molecular weight is 376 g/mol. The molecule has 0 spiro atoms. The van der Waals surface area contributed by atoms with E-state index >= 15 is 0 Å². The number of thioether (sulfide) groups is 1. The molecule has 3 amide bonds. The maximum atomic E-state index is 13.5. The summed E-state index contributed by atoms with van der Waals surface area (Å²) in [6, 6.07) is 10.4. The second kappa shape index (κ2) is 8.57. The number of amides is 3. The molecule has 26 heavy (non-hydrogen) atoms. The molecule has 0 radical (unpaired) electrons. The highest BCUT2D eigenvalue weighted by Gasteiger charge is 2.13. The van der Waals surface area contributed by atoms with Crippen LogP contribution in [0.1, 0.15) is 6.42 Å². The van der Waals surface area contributed by atoms with Crippen molar-refractivity contribution in [1.29, 1.82) is 0 Å². The van der Waals surface area contributed by atoms with Crippen LogP contribution in [0.15, 0.2) is 47.4 Å². The molecule has 0 fully saturated rings. The molecule has 136 valence electrons. The Morgan fingerprint density at radius 3 is 2.65 bits per heavy atom. The first kappa shape index (κ1) is 18.1. The summed E-state index contributed by atoms with van der Waals surface area (Å²) in [7, 11) is 0. The minimum Gasteiger partial charge on any atom is -0.490 e. The molecule has 2 N–H and O–H groups in total. The van der Waals surface area contributed by atoms with Crippen LogP contribution in [0.3, 0.4) is 0 Å². The summed E-state index contributed by atoms with van der Waals surface area (Å²) < 4.78 is 24.6. The fourth-order valence-electron chi connectivity index (χ4n) is 2.26. The quantitative estimate of drug-likeness (QED) is 0.800. The summed E-state index contributed by atoms with van der Waals surface area (Å²) in [5.74, 6) is 0.294. The number of para-hydroxylation sites is 1. The molecule has 0 aromatic heterocycles. The Balaban J connectivity index is 1.50. The smallest absolute Gasteiger partial charge is 0.325 e. The second-order valence-corrected chi connectivity index (χ2v) is 6.48. The van der Waals surface area contributed by atoms with Crippen molar-refractivity contribution < 1.29 is 23.5 Å². The number of rotatable bonds is 4. The number of halogens is 1. The van der Waals surface area contributed by atoms with Crippen LogP contribution < -0.4 is 20.1 Å². The monoisotopic (exact) mass is 376 g/mol. The van der Waals surface area contributed by atoms with Crippen molar-refractivity contribution in [2.45, 2.75) is 11.3 Å². The Hall–Kier alpha value is -2.74. The molecule has 2 aromatic rings. The number of anilines is 1. The zero-order valence-electron chi connectivity index (χ0n) is 13.8. The lowest BCUT2D eigenvalue weighted by molar-refractivity contribution is -0.117. The topological polar surface area (TPSA) is 76.7 Å². The Kier molecular flexibility index (Phi) is 5.96. The minimum absolute atomic E-state index is 0.00774. The van der Waals surface area contributed by atoms with E-state index in [1.165, 1.54) is 30.0 Å². The van der Waals surface area contributed by atoms with Crippen molar-refractivity contribution in [2.24, 2.45) is 0 Å². The molecule has 0 atom stereocenters. The van der Waals surface area contributed by atoms with E-state index in [1.807, 2.05) is 6.07 Å².